The summed E-state index contributed by atoms with van der Waals surface area (Å²) < 4.78 is 0. The Labute approximate surface area is 102 Å². The van der Waals surface area contributed by atoms with Crippen LogP contribution < -0.4 is 27.2 Å². The second-order valence-corrected chi connectivity index (χ2v) is 4.16. The fourth-order valence-corrected chi connectivity index (χ4v) is 1.95. The molecule has 2 N–H and O–H groups in total. The summed E-state index contributed by atoms with van der Waals surface area (Å²) in [6, 6.07) is 8.92. The zero-order chi connectivity index (χ0) is 9.80. The van der Waals surface area contributed by atoms with Crippen LogP contribution in [-0.2, 0) is 6.54 Å². The van der Waals surface area contributed by atoms with Crippen molar-refractivity contribution in [3.05, 3.63) is 35.4 Å². The largest absolute Gasteiger partial charge is 1.00 e. The van der Waals surface area contributed by atoms with Gasteiger partial charge in [-0.25, -0.2) is 0 Å². The zero-order valence-corrected chi connectivity index (χ0v) is 10.8. The van der Waals surface area contributed by atoms with E-state index in [0.29, 0.717) is 0 Å². The summed E-state index contributed by atoms with van der Waals surface area (Å²) in [6.07, 6.45) is 0. The molecular formula is C12H19BrN2. The Hall–Kier alpha value is -0.380. The van der Waals surface area contributed by atoms with Crippen molar-refractivity contribution in [2.75, 3.05) is 26.2 Å². The van der Waals surface area contributed by atoms with Gasteiger partial charge in [0.2, 0.25) is 0 Å². The number of quaternary nitrogens is 1. The van der Waals surface area contributed by atoms with Crippen LogP contribution in [-0.4, -0.2) is 26.2 Å². The maximum atomic E-state index is 3.39. The van der Waals surface area contributed by atoms with Gasteiger partial charge in [0.15, 0.2) is 0 Å². The van der Waals surface area contributed by atoms with Crippen molar-refractivity contribution >= 4 is 0 Å². The van der Waals surface area contributed by atoms with E-state index in [4.69, 9.17) is 0 Å². The van der Waals surface area contributed by atoms with Crippen LogP contribution >= 0.6 is 0 Å². The summed E-state index contributed by atoms with van der Waals surface area (Å²) in [5, 5.41) is 3.39. The third kappa shape index (κ3) is 3.93. The lowest BCUT2D eigenvalue weighted by Crippen LogP contribution is -3.13. The van der Waals surface area contributed by atoms with E-state index in [1.54, 1.807) is 4.90 Å². The van der Waals surface area contributed by atoms with Gasteiger partial charge in [0.05, 0.1) is 13.1 Å². The molecule has 1 heterocycles. The summed E-state index contributed by atoms with van der Waals surface area (Å²) in [5.41, 5.74) is 2.82. The molecule has 1 aromatic rings. The number of hydrogen-bond donors (Lipinski definition) is 2. The molecule has 1 aliphatic heterocycles. The number of hydrogen-bond acceptors (Lipinski definition) is 1. The molecule has 2 rings (SSSR count). The number of piperazine rings is 1. The molecule has 0 bridgehead atoms. The minimum atomic E-state index is 0. The average molecular weight is 271 g/mol. The normalized spacial score (nSPS) is 17.1. The van der Waals surface area contributed by atoms with E-state index in [9.17, 15) is 0 Å². The molecule has 0 saturated carbocycles. The maximum absolute atomic E-state index is 3.39. The van der Waals surface area contributed by atoms with Crippen LogP contribution in [0.5, 0.6) is 0 Å². The third-order valence-electron chi connectivity index (χ3n) is 2.89. The number of aryl methyl sites for hydroxylation is 1. The molecule has 0 atom stereocenters. The summed E-state index contributed by atoms with van der Waals surface area (Å²) >= 11 is 0. The molecule has 0 amide bonds. The highest BCUT2D eigenvalue weighted by atomic mass is 79.9. The average Bonchev–Trinajstić information content (AvgIpc) is 2.23. The fourth-order valence-electron chi connectivity index (χ4n) is 1.95. The molecular weight excluding hydrogens is 252 g/mol. The van der Waals surface area contributed by atoms with Gasteiger partial charge in [-0.2, -0.15) is 0 Å². The molecule has 1 aromatic carbocycles. The molecule has 0 aromatic heterocycles. The highest BCUT2D eigenvalue weighted by Crippen LogP contribution is 2.01. The topological polar surface area (TPSA) is 16.5 Å². The predicted octanol–water partition coefficient (Wildman–Crippen LogP) is -3.01. The van der Waals surface area contributed by atoms with E-state index < -0.39 is 0 Å². The Kier molecular flexibility index (Phi) is 5.29. The lowest BCUT2D eigenvalue weighted by atomic mass is 10.1. The predicted molar refractivity (Wildman–Crippen MR) is 58.4 cm³/mol. The van der Waals surface area contributed by atoms with Gasteiger partial charge in [0.25, 0.3) is 0 Å². The van der Waals surface area contributed by atoms with Crippen LogP contribution in [0.25, 0.3) is 0 Å². The minimum absolute atomic E-state index is 0. The van der Waals surface area contributed by atoms with Gasteiger partial charge in [0, 0.05) is 18.7 Å². The zero-order valence-electron chi connectivity index (χ0n) is 9.22. The Morgan fingerprint density at radius 2 is 1.73 bits per heavy atom. The van der Waals surface area contributed by atoms with Crippen LogP contribution in [0.4, 0.5) is 0 Å². The first-order valence-electron chi connectivity index (χ1n) is 5.44. The first kappa shape index (κ1) is 12.7. The van der Waals surface area contributed by atoms with Gasteiger partial charge >= 0.3 is 0 Å². The van der Waals surface area contributed by atoms with Crippen molar-refractivity contribution in [1.29, 1.82) is 0 Å². The molecule has 1 aliphatic rings. The second kappa shape index (κ2) is 6.26. The molecule has 0 radical (unpaired) electrons. The van der Waals surface area contributed by atoms with Gasteiger partial charge in [0.1, 0.15) is 6.54 Å². The molecule has 1 saturated heterocycles. The van der Waals surface area contributed by atoms with E-state index in [-0.39, 0.29) is 17.0 Å². The van der Waals surface area contributed by atoms with Crippen LogP contribution in [0.1, 0.15) is 11.1 Å². The monoisotopic (exact) mass is 270 g/mol. The van der Waals surface area contributed by atoms with Crippen LogP contribution in [0.3, 0.4) is 0 Å². The van der Waals surface area contributed by atoms with Crippen LogP contribution in [0.2, 0.25) is 0 Å². The molecule has 0 unspecified atom stereocenters. The fraction of sp³-hybridized carbons (Fsp3) is 0.500. The van der Waals surface area contributed by atoms with Crippen LogP contribution in [0.15, 0.2) is 24.3 Å². The lowest BCUT2D eigenvalue weighted by Gasteiger charge is -2.24. The molecule has 1 fully saturated rings. The summed E-state index contributed by atoms with van der Waals surface area (Å²) in [6.45, 7) is 8.17. The van der Waals surface area contributed by atoms with Crippen molar-refractivity contribution in [2.45, 2.75) is 13.5 Å². The van der Waals surface area contributed by atoms with Gasteiger partial charge in [-0.05, 0) is 6.92 Å². The Bertz CT molecular complexity index is 278. The number of rotatable bonds is 2. The number of halogens is 1. The SMILES string of the molecule is Cc1ccc(C[NH+]2CCNCC2)cc1.[Br-]. The molecule has 3 heteroatoms. The Morgan fingerprint density at radius 1 is 1.13 bits per heavy atom. The van der Waals surface area contributed by atoms with E-state index in [1.165, 1.54) is 43.9 Å². The standard InChI is InChI=1S/C12H18N2.BrH/c1-11-2-4-12(5-3-11)10-14-8-6-13-7-9-14;/h2-5,13H,6-10H2,1H3;1H. The van der Waals surface area contributed by atoms with Crippen LogP contribution in [0, 0.1) is 6.92 Å². The van der Waals surface area contributed by atoms with E-state index in [0.717, 1.165) is 0 Å². The van der Waals surface area contributed by atoms with E-state index >= 15 is 0 Å². The lowest BCUT2D eigenvalue weighted by molar-refractivity contribution is -0.915. The van der Waals surface area contributed by atoms with Crippen molar-refractivity contribution < 1.29 is 21.9 Å². The molecule has 0 spiro atoms. The Morgan fingerprint density at radius 3 is 2.33 bits per heavy atom. The van der Waals surface area contributed by atoms with Crippen molar-refractivity contribution in [2.24, 2.45) is 0 Å². The highest BCUT2D eigenvalue weighted by Gasteiger charge is 2.12. The third-order valence-corrected chi connectivity index (χ3v) is 2.89. The summed E-state index contributed by atoms with van der Waals surface area (Å²) in [4.78, 5) is 1.70. The van der Waals surface area contributed by atoms with Gasteiger partial charge in [-0.1, -0.05) is 29.8 Å². The van der Waals surface area contributed by atoms with E-state index in [1.807, 2.05) is 0 Å². The maximum Gasteiger partial charge on any atom is 0.103 e. The smallest absolute Gasteiger partial charge is 0.103 e. The minimum Gasteiger partial charge on any atom is -1.00 e. The number of benzene rings is 1. The molecule has 15 heavy (non-hydrogen) atoms. The first-order valence-corrected chi connectivity index (χ1v) is 5.44. The first-order chi connectivity index (χ1) is 6.84. The van der Waals surface area contributed by atoms with Crippen molar-refractivity contribution in [3.63, 3.8) is 0 Å². The number of nitrogens with one attached hydrogen (secondary N) is 2. The van der Waals surface area contributed by atoms with Gasteiger partial charge in [-0.15, -0.1) is 0 Å². The summed E-state index contributed by atoms with van der Waals surface area (Å²) in [7, 11) is 0. The molecule has 2 nitrogen and oxygen atoms in total. The molecule has 84 valence electrons. The van der Waals surface area contributed by atoms with E-state index in [2.05, 4.69) is 36.5 Å². The highest BCUT2D eigenvalue weighted by molar-refractivity contribution is 5.20. The van der Waals surface area contributed by atoms with Gasteiger partial charge in [-0.3, -0.25) is 0 Å². The second-order valence-electron chi connectivity index (χ2n) is 4.16. The van der Waals surface area contributed by atoms with Crippen molar-refractivity contribution in [3.8, 4) is 0 Å². The van der Waals surface area contributed by atoms with Crippen molar-refractivity contribution in [1.82, 2.24) is 5.32 Å². The summed E-state index contributed by atoms with van der Waals surface area (Å²) in [5.74, 6) is 0. The quantitative estimate of drug-likeness (QED) is 0.586. The Balaban J connectivity index is 0.00000112. The van der Waals surface area contributed by atoms with Gasteiger partial charge < -0.3 is 27.2 Å². The molecule has 0 aliphatic carbocycles.